The summed E-state index contributed by atoms with van der Waals surface area (Å²) in [6, 6.07) is 6.21. The van der Waals surface area contributed by atoms with Gasteiger partial charge in [0.15, 0.2) is 5.16 Å². The van der Waals surface area contributed by atoms with Crippen LogP contribution in [0.3, 0.4) is 0 Å². The Morgan fingerprint density at radius 3 is 2.91 bits per heavy atom. The van der Waals surface area contributed by atoms with E-state index in [0.717, 1.165) is 18.2 Å². The first-order valence-corrected chi connectivity index (χ1v) is 12.6. The molecule has 0 radical (unpaired) electrons. The number of aromatic nitrogens is 2. The average molecular weight is 490 g/mol. The summed E-state index contributed by atoms with van der Waals surface area (Å²) in [6.45, 7) is 4.62. The van der Waals surface area contributed by atoms with Crippen LogP contribution in [0.1, 0.15) is 25.3 Å². The van der Waals surface area contributed by atoms with E-state index >= 15 is 0 Å². The van der Waals surface area contributed by atoms with Crippen molar-refractivity contribution in [2.45, 2.75) is 31.8 Å². The number of nitrogens with zero attached hydrogens (tertiary/aromatic N) is 3. The second-order valence-corrected chi connectivity index (χ2v) is 9.68. The van der Waals surface area contributed by atoms with Crippen molar-refractivity contribution in [2.75, 3.05) is 25.4 Å². The summed E-state index contributed by atoms with van der Waals surface area (Å²) in [7, 11) is 0. The number of carbonyl (C=O) groups excluding carboxylic acids is 2. The molecule has 7 nitrogen and oxygen atoms in total. The van der Waals surface area contributed by atoms with Gasteiger partial charge in [0.25, 0.3) is 5.56 Å². The topological polar surface area (TPSA) is 81.5 Å². The maximum atomic E-state index is 13.8. The minimum Gasteiger partial charge on any atom is -0.466 e. The molecule has 0 N–H and O–H groups in total. The third-order valence-corrected chi connectivity index (χ3v) is 7.38. The van der Waals surface area contributed by atoms with Gasteiger partial charge in [-0.2, -0.15) is 0 Å². The number of rotatable bonds is 6. The number of esters is 1. The number of fused-ring (bicyclic) bond motifs is 1. The van der Waals surface area contributed by atoms with E-state index < -0.39 is 0 Å². The van der Waals surface area contributed by atoms with Gasteiger partial charge >= 0.3 is 5.97 Å². The highest BCUT2D eigenvalue weighted by Crippen LogP contribution is 2.26. The third-order valence-electron chi connectivity index (χ3n) is 5.57. The molecule has 1 amide bonds. The number of aryl methyl sites for hydroxylation is 1. The molecule has 0 bridgehead atoms. The van der Waals surface area contributed by atoms with Crippen molar-refractivity contribution in [2.24, 2.45) is 5.92 Å². The molecule has 1 aromatic carbocycles. The highest BCUT2D eigenvalue weighted by molar-refractivity contribution is 7.99. The smallest absolute Gasteiger partial charge is 0.310 e. The fourth-order valence-corrected chi connectivity index (χ4v) is 5.53. The van der Waals surface area contributed by atoms with E-state index in [1.54, 1.807) is 36.3 Å². The zero-order chi connectivity index (χ0) is 23.5. The zero-order valence-corrected chi connectivity index (χ0v) is 20.0. The van der Waals surface area contributed by atoms with Gasteiger partial charge in [-0.05, 0) is 61.9 Å². The van der Waals surface area contributed by atoms with Gasteiger partial charge in [0.05, 0.1) is 29.5 Å². The molecular formula is C23H24FN3O4S2. The van der Waals surface area contributed by atoms with E-state index in [2.05, 4.69) is 4.98 Å². The van der Waals surface area contributed by atoms with Crippen LogP contribution in [0.5, 0.6) is 0 Å². The lowest BCUT2D eigenvalue weighted by Crippen LogP contribution is -2.43. The Labute approximate surface area is 198 Å². The van der Waals surface area contributed by atoms with E-state index in [1.807, 2.05) is 0 Å². The Kier molecular flexibility index (Phi) is 7.14. The van der Waals surface area contributed by atoms with E-state index in [9.17, 15) is 18.8 Å². The molecule has 3 aromatic rings. The number of benzene rings is 1. The molecule has 1 atom stereocenters. The molecule has 0 saturated carbocycles. The van der Waals surface area contributed by atoms with Crippen molar-refractivity contribution in [3.63, 3.8) is 0 Å². The molecule has 1 saturated heterocycles. The van der Waals surface area contributed by atoms with Crippen LogP contribution in [0, 0.1) is 18.7 Å². The van der Waals surface area contributed by atoms with Crippen LogP contribution in [0.2, 0.25) is 0 Å². The molecule has 1 aliphatic heterocycles. The quantitative estimate of drug-likeness (QED) is 0.298. The Hall–Kier alpha value is -2.72. The maximum absolute atomic E-state index is 13.8. The van der Waals surface area contributed by atoms with Crippen LogP contribution in [-0.4, -0.2) is 51.8 Å². The molecular weight excluding hydrogens is 465 g/mol. The van der Waals surface area contributed by atoms with E-state index in [1.165, 1.54) is 28.0 Å². The average Bonchev–Trinajstić information content (AvgIpc) is 3.29. The van der Waals surface area contributed by atoms with E-state index in [-0.39, 0.29) is 34.9 Å². The number of carbonyl (C=O) groups is 2. The summed E-state index contributed by atoms with van der Waals surface area (Å²) in [4.78, 5) is 44.5. The summed E-state index contributed by atoms with van der Waals surface area (Å²) >= 11 is 2.46. The number of piperidine rings is 1. The SMILES string of the molecule is CCOC(=O)[C@H]1CCCN(C(=O)CSc2nc3ccsc3c(=O)n2-c2ccc(F)c(C)c2)C1. The van der Waals surface area contributed by atoms with Gasteiger partial charge in [-0.15, -0.1) is 11.3 Å². The standard InChI is InChI=1S/C23H24FN3O4S2/c1-3-31-22(30)15-5-4-9-26(12-15)19(28)13-33-23-25-18-8-10-32-20(18)21(29)27(23)16-6-7-17(24)14(2)11-16/h6-8,10-11,15H,3-5,9,12-13H2,1-2H3/t15-/m0/s1. The number of halogens is 1. The van der Waals surface area contributed by atoms with Crippen molar-refractivity contribution in [1.29, 1.82) is 0 Å². The van der Waals surface area contributed by atoms with Crippen LogP contribution in [0.4, 0.5) is 4.39 Å². The predicted octanol–water partition coefficient (Wildman–Crippen LogP) is 3.79. The molecule has 1 aliphatic rings. The van der Waals surface area contributed by atoms with Gasteiger partial charge in [-0.3, -0.25) is 19.0 Å². The summed E-state index contributed by atoms with van der Waals surface area (Å²) in [5, 5.41) is 2.16. The Bertz CT molecular complexity index is 1260. The van der Waals surface area contributed by atoms with Crippen molar-refractivity contribution < 1.29 is 18.7 Å². The molecule has 174 valence electrons. The number of thioether (sulfide) groups is 1. The third kappa shape index (κ3) is 4.96. The number of likely N-dealkylation sites (tertiary alicyclic amines) is 1. The summed E-state index contributed by atoms with van der Waals surface area (Å²) in [5.74, 6) is -1.00. The number of hydrogen-bond donors (Lipinski definition) is 0. The summed E-state index contributed by atoms with van der Waals surface area (Å²) in [6.07, 6.45) is 1.44. The molecule has 0 aliphatic carbocycles. The molecule has 10 heteroatoms. The van der Waals surface area contributed by atoms with Crippen molar-refractivity contribution in [3.05, 3.63) is 51.4 Å². The number of hydrogen-bond acceptors (Lipinski definition) is 7. The zero-order valence-electron chi connectivity index (χ0n) is 18.4. The van der Waals surface area contributed by atoms with Crippen LogP contribution < -0.4 is 5.56 Å². The number of amides is 1. The van der Waals surface area contributed by atoms with Gasteiger partial charge in [0, 0.05) is 13.1 Å². The first-order valence-electron chi connectivity index (χ1n) is 10.7. The largest absolute Gasteiger partial charge is 0.466 e. The number of thiophene rings is 1. The first kappa shape index (κ1) is 23.4. The fourth-order valence-electron chi connectivity index (χ4n) is 3.86. The lowest BCUT2D eigenvalue weighted by atomic mass is 9.98. The molecule has 4 rings (SSSR count). The first-order chi connectivity index (χ1) is 15.9. The fraction of sp³-hybridized carbons (Fsp3) is 0.391. The molecule has 33 heavy (non-hydrogen) atoms. The van der Waals surface area contributed by atoms with Crippen molar-refractivity contribution in [1.82, 2.24) is 14.5 Å². The van der Waals surface area contributed by atoms with Crippen LogP contribution in [-0.2, 0) is 14.3 Å². The minimum atomic E-state index is -0.359. The molecule has 0 unspecified atom stereocenters. The number of ether oxygens (including phenoxy) is 1. The Morgan fingerprint density at radius 1 is 1.33 bits per heavy atom. The van der Waals surface area contributed by atoms with Crippen LogP contribution >= 0.6 is 23.1 Å². The van der Waals surface area contributed by atoms with Gasteiger partial charge in [0.1, 0.15) is 10.5 Å². The lowest BCUT2D eigenvalue weighted by Gasteiger charge is -2.31. The van der Waals surface area contributed by atoms with Gasteiger partial charge in [-0.25, -0.2) is 9.37 Å². The monoisotopic (exact) mass is 489 g/mol. The van der Waals surface area contributed by atoms with Gasteiger partial charge in [-0.1, -0.05) is 11.8 Å². The van der Waals surface area contributed by atoms with E-state index in [4.69, 9.17) is 4.74 Å². The second-order valence-electron chi connectivity index (χ2n) is 7.82. The normalized spacial score (nSPS) is 16.2. The summed E-state index contributed by atoms with van der Waals surface area (Å²) in [5.41, 5.74) is 1.22. The van der Waals surface area contributed by atoms with Gasteiger partial charge < -0.3 is 9.64 Å². The predicted molar refractivity (Wildman–Crippen MR) is 127 cm³/mol. The van der Waals surface area contributed by atoms with Crippen molar-refractivity contribution >= 4 is 45.2 Å². The minimum absolute atomic E-state index is 0.0673. The lowest BCUT2D eigenvalue weighted by molar-refractivity contribution is -0.151. The highest BCUT2D eigenvalue weighted by atomic mass is 32.2. The molecule has 0 spiro atoms. The Morgan fingerprint density at radius 2 is 2.15 bits per heavy atom. The van der Waals surface area contributed by atoms with E-state index in [0.29, 0.717) is 52.7 Å². The Balaban J connectivity index is 1.58. The summed E-state index contributed by atoms with van der Waals surface area (Å²) < 4.78 is 20.9. The van der Waals surface area contributed by atoms with Crippen LogP contribution in [0.25, 0.3) is 15.9 Å². The highest BCUT2D eigenvalue weighted by Gasteiger charge is 2.29. The molecule has 2 aromatic heterocycles. The molecule has 1 fully saturated rings. The maximum Gasteiger partial charge on any atom is 0.310 e. The van der Waals surface area contributed by atoms with Crippen LogP contribution in [0.15, 0.2) is 39.6 Å². The van der Waals surface area contributed by atoms with Crippen molar-refractivity contribution in [3.8, 4) is 5.69 Å². The molecule has 3 heterocycles. The second kappa shape index (κ2) is 10.0. The van der Waals surface area contributed by atoms with Gasteiger partial charge in [0.2, 0.25) is 5.91 Å².